The third kappa shape index (κ3) is 4.68. The van der Waals surface area contributed by atoms with Crippen LogP contribution in [0.25, 0.3) is 22.5 Å². The van der Waals surface area contributed by atoms with Gasteiger partial charge in [0.25, 0.3) is 16.0 Å². The summed E-state index contributed by atoms with van der Waals surface area (Å²) in [6, 6.07) is 25.9. The van der Waals surface area contributed by atoms with E-state index in [9.17, 15) is 8.42 Å². The summed E-state index contributed by atoms with van der Waals surface area (Å²) in [5.74, 6) is -0.0802. The zero-order valence-corrected chi connectivity index (χ0v) is 19.0. The van der Waals surface area contributed by atoms with E-state index in [1.165, 1.54) is 0 Å². The first-order chi connectivity index (χ1) is 15.2. The van der Waals surface area contributed by atoms with Gasteiger partial charge in [-0.1, -0.05) is 93.6 Å². The number of rotatable bonds is 5. The summed E-state index contributed by atoms with van der Waals surface area (Å²) in [5, 5.41) is 8.37. The average molecular weight is 445 g/mol. The maximum Gasteiger partial charge on any atom is 0.264 e. The van der Waals surface area contributed by atoms with Crippen molar-refractivity contribution in [2.45, 2.75) is 31.1 Å². The molecule has 0 aliphatic carbocycles. The maximum absolute atomic E-state index is 12.9. The summed E-state index contributed by atoms with van der Waals surface area (Å²) in [7, 11) is -3.87. The molecule has 4 rings (SSSR count). The molecule has 0 saturated heterocycles. The molecule has 0 fully saturated rings. The van der Waals surface area contributed by atoms with Gasteiger partial charge in [-0.25, -0.2) is 18.1 Å². The quantitative estimate of drug-likeness (QED) is 0.451. The normalized spacial score (nSPS) is 11.8. The summed E-state index contributed by atoms with van der Waals surface area (Å²) < 4.78 is 28.4. The Morgan fingerprint density at radius 3 is 1.75 bits per heavy atom. The Kier molecular flexibility index (Phi) is 5.76. The molecule has 6 nitrogen and oxygen atoms in total. The predicted octanol–water partition coefficient (Wildman–Crippen LogP) is 5.30. The second kappa shape index (κ2) is 8.51. The lowest BCUT2D eigenvalue weighted by Crippen LogP contribution is -2.17. The number of anilines is 1. The summed E-state index contributed by atoms with van der Waals surface area (Å²) in [6.07, 6.45) is 0. The van der Waals surface area contributed by atoms with Gasteiger partial charge in [0, 0.05) is 11.1 Å². The van der Waals surface area contributed by atoms with Crippen molar-refractivity contribution in [3.05, 3.63) is 90.5 Å². The topological polar surface area (TPSA) is 84.8 Å². The van der Waals surface area contributed by atoms with Gasteiger partial charge in [0.2, 0.25) is 0 Å². The third-order valence-corrected chi connectivity index (χ3v) is 6.38. The van der Waals surface area contributed by atoms with Gasteiger partial charge >= 0.3 is 0 Å². The summed E-state index contributed by atoms with van der Waals surface area (Å²) in [6.45, 7) is 6.23. The fourth-order valence-corrected chi connectivity index (χ4v) is 4.21. The van der Waals surface area contributed by atoms with Crippen molar-refractivity contribution in [3.63, 3.8) is 0 Å². The highest BCUT2D eigenvalue weighted by Crippen LogP contribution is 2.29. The minimum atomic E-state index is -3.87. The van der Waals surface area contributed by atoms with Crippen LogP contribution in [0.4, 0.5) is 5.95 Å². The first-order valence-electron chi connectivity index (χ1n) is 10.2. The third-order valence-electron chi connectivity index (χ3n) is 5.04. The molecule has 0 aliphatic rings. The lowest BCUT2D eigenvalue weighted by Gasteiger charge is -2.19. The fourth-order valence-electron chi connectivity index (χ4n) is 3.27. The molecule has 4 aromatic rings. The molecule has 0 aliphatic heterocycles. The molecular formula is C25H24N4O2S. The van der Waals surface area contributed by atoms with Gasteiger partial charge in [0.1, 0.15) is 11.4 Å². The van der Waals surface area contributed by atoms with Gasteiger partial charge in [0.05, 0.1) is 4.90 Å². The Morgan fingerprint density at radius 1 is 0.688 bits per heavy atom. The van der Waals surface area contributed by atoms with E-state index >= 15 is 0 Å². The Hall–Kier alpha value is -3.58. The number of hydrogen-bond donors (Lipinski definition) is 1. The van der Waals surface area contributed by atoms with Crippen molar-refractivity contribution in [2.75, 3.05) is 4.72 Å². The summed E-state index contributed by atoms with van der Waals surface area (Å²) in [4.78, 5) is 4.66. The van der Waals surface area contributed by atoms with Gasteiger partial charge < -0.3 is 0 Å². The number of sulfonamides is 1. The zero-order valence-electron chi connectivity index (χ0n) is 18.1. The van der Waals surface area contributed by atoms with E-state index in [2.05, 4.69) is 40.7 Å². The molecule has 0 saturated carbocycles. The summed E-state index contributed by atoms with van der Waals surface area (Å²) >= 11 is 0. The van der Waals surface area contributed by atoms with Crippen LogP contribution >= 0.6 is 0 Å². The Balaban J connectivity index is 1.71. The predicted molar refractivity (Wildman–Crippen MR) is 127 cm³/mol. The van der Waals surface area contributed by atoms with E-state index in [0.717, 1.165) is 16.7 Å². The molecule has 0 atom stereocenters. The lowest BCUT2D eigenvalue weighted by atomic mass is 9.87. The van der Waals surface area contributed by atoms with Gasteiger partial charge in [0.15, 0.2) is 0 Å². The molecule has 0 amide bonds. The van der Waals surface area contributed by atoms with Crippen LogP contribution < -0.4 is 4.72 Å². The first kappa shape index (κ1) is 21.6. The second-order valence-corrected chi connectivity index (χ2v) is 10.1. The lowest BCUT2D eigenvalue weighted by molar-refractivity contribution is 0.587. The van der Waals surface area contributed by atoms with Crippen molar-refractivity contribution in [1.82, 2.24) is 15.2 Å². The number of hydrogen-bond acceptors (Lipinski definition) is 5. The molecule has 1 aromatic heterocycles. The van der Waals surface area contributed by atoms with Crippen LogP contribution in [-0.4, -0.2) is 23.6 Å². The van der Waals surface area contributed by atoms with Crippen molar-refractivity contribution >= 4 is 16.0 Å². The SMILES string of the molecule is CC(C)(C)c1ccc(S(=O)(=O)Nc2nnc(-c3ccccc3)c(-c3ccccc3)n2)cc1. The van der Waals surface area contributed by atoms with Gasteiger partial charge in [-0.05, 0) is 23.1 Å². The minimum absolute atomic E-state index is 0.0688. The molecule has 7 heteroatoms. The molecule has 0 spiro atoms. The minimum Gasteiger partial charge on any atom is -0.246 e. The largest absolute Gasteiger partial charge is 0.264 e. The molecule has 3 aromatic carbocycles. The van der Waals surface area contributed by atoms with Gasteiger partial charge in [-0.3, -0.25) is 0 Å². The highest BCUT2D eigenvalue weighted by molar-refractivity contribution is 7.92. The molecule has 162 valence electrons. The van der Waals surface area contributed by atoms with E-state index in [1.54, 1.807) is 12.1 Å². The molecule has 0 radical (unpaired) electrons. The van der Waals surface area contributed by atoms with Gasteiger partial charge in [-0.2, -0.15) is 0 Å². The van der Waals surface area contributed by atoms with Crippen LogP contribution in [0.5, 0.6) is 0 Å². The van der Waals surface area contributed by atoms with E-state index in [0.29, 0.717) is 11.4 Å². The molecule has 0 unspecified atom stereocenters. The number of aromatic nitrogens is 3. The highest BCUT2D eigenvalue weighted by atomic mass is 32.2. The van der Waals surface area contributed by atoms with Crippen molar-refractivity contribution in [1.29, 1.82) is 0 Å². The van der Waals surface area contributed by atoms with Gasteiger partial charge in [-0.15, -0.1) is 10.2 Å². The Labute approximate surface area is 188 Å². The van der Waals surface area contributed by atoms with Crippen LogP contribution in [0.3, 0.4) is 0 Å². The molecule has 0 bridgehead atoms. The van der Waals surface area contributed by atoms with E-state index < -0.39 is 10.0 Å². The molecule has 1 N–H and O–H groups in total. The number of nitrogens with one attached hydrogen (secondary N) is 1. The molecule has 1 heterocycles. The highest BCUT2D eigenvalue weighted by Gasteiger charge is 2.20. The van der Waals surface area contributed by atoms with E-state index in [1.807, 2.05) is 72.8 Å². The Morgan fingerprint density at radius 2 is 1.22 bits per heavy atom. The van der Waals surface area contributed by atoms with Crippen molar-refractivity contribution < 1.29 is 8.42 Å². The van der Waals surface area contributed by atoms with Crippen LogP contribution in [0, 0.1) is 0 Å². The second-order valence-electron chi connectivity index (χ2n) is 8.44. The van der Waals surface area contributed by atoms with Crippen LogP contribution in [-0.2, 0) is 15.4 Å². The monoisotopic (exact) mass is 444 g/mol. The smallest absolute Gasteiger partial charge is 0.246 e. The van der Waals surface area contributed by atoms with E-state index in [-0.39, 0.29) is 16.3 Å². The van der Waals surface area contributed by atoms with Crippen LogP contribution in [0.2, 0.25) is 0 Å². The average Bonchev–Trinajstić information content (AvgIpc) is 2.79. The molecule has 32 heavy (non-hydrogen) atoms. The van der Waals surface area contributed by atoms with Crippen LogP contribution in [0.1, 0.15) is 26.3 Å². The zero-order chi connectivity index (χ0) is 22.8. The standard InChI is InChI=1S/C25H24N4O2S/c1-25(2,3)20-14-16-21(17-15-20)32(30,31)29-24-26-22(18-10-6-4-7-11-18)23(27-28-24)19-12-8-5-9-13-19/h4-17H,1-3H3,(H,26,28,29). The summed E-state index contributed by atoms with van der Waals surface area (Å²) in [5.41, 5.74) is 3.77. The van der Waals surface area contributed by atoms with E-state index in [4.69, 9.17) is 0 Å². The van der Waals surface area contributed by atoms with Crippen molar-refractivity contribution in [2.24, 2.45) is 0 Å². The van der Waals surface area contributed by atoms with Crippen molar-refractivity contribution in [3.8, 4) is 22.5 Å². The number of benzene rings is 3. The fraction of sp³-hybridized carbons (Fsp3) is 0.160. The Bertz CT molecular complexity index is 1320. The maximum atomic E-state index is 12.9. The van der Waals surface area contributed by atoms with Crippen LogP contribution in [0.15, 0.2) is 89.8 Å². The first-order valence-corrected chi connectivity index (χ1v) is 11.7. The molecular weight excluding hydrogens is 420 g/mol. The number of nitrogens with zero attached hydrogens (tertiary/aromatic N) is 3.